The number of hydrogen-bond acceptors (Lipinski definition) is 5. The third-order valence-electron chi connectivity index (χ3n) is 5.13. The summed E-state index contributed by atoms with van der Waals surface area (Å²) in [6, 6.07) is 12.5. The van der Waals surface area contributed by atoms with Gasteiger partial charge in [0.25, 0.3) is 0 Å². The van der Waals surface area contributed by atoms with Gasteiger partial charge in [-0.15, -0.1) is 0 Å². The first-order chi connectivity index (χ1) is 14.5. The summed E-state index contributed by atoms with van der Waals surface area (Å²) < 4.78 is 20.1. The number of nitrogens with zero attached hydrogens (tertiary/aromatic N) is 3. The van der Waals surface area contributed by atoms with Crippen molar-refractivity contribution in [2.24, 2.45) is 4.99 Å². The smallest absolute Gasteiger partial charge is 0.414 e. The number of anilines is 1. The minimum absolute atomic E-state index is 0.195. The van der Waals surface area contributed by atoms with Gasteiger partial charge in [0.2, 0.25) is 5.91 Å². The van der Waals surface area contributed by atoms with Crippen molar-refractivity contribution < 1.29 is 18.7 Å². The fourth-order valence-electron chi connectivity index (χ4n) is 3.56. The maximum Gasteiger partial charge on any atom is 0.414 e. The standard InChI is InChI=1S/C22H23FN4O3/c1-15(28)25-11-19-13-27(22(29)30-19)18-6-7-20(21(23)10-18)17-4-2-16(3-5-17)12-26-9-8-24-14-26/h2-7,10,14,19H,8-9,11-13H2,1H3,(H,25,28)/t19-/m0/s1. The van der Waals surface area contributed by atoms with Crippen molar-refractivity contribution in [2.75, 3.05) is 31.1 Å². The molecule has 2 aromatic carbocycles. The molecule has 0 spiro atoms. The van der Waals surface area contributed by atoms with Gasteiger partial charge in [0, 0.05) is 25.6 Å². The molecule has 0 radical (unpaired) electrons. The highest BCUT2D eigenvalue weighted by Crippen LogP contribution is 2.29. The maximum absolute atomic E-state index is 14.8. The molecule has 2 heterocycles. The lowest BCUT2D eigenvalue weighted by atomic mass is 10.0. The molecule has 30 heavy (non-hydrogen) atoms. The van der Waals surface area contributed by atoms with E-state index in [1.165, 1.54) is 17.9 Å². The monoisotopic (exact) mass is 410 g/mol. The summed E-state index contributed by atoms with van der Waals surface area (Å²) in [7, 11) is 0. The van der Waals surface area contributed by atoms with Gasteiger partial charge in [-0.1, -0.05) is 24.3 Å². The third-order valence-corrected chi connectivity index (χ3v) is 5.13. The molecule has 0 unspecified atom stereocenters. The van der Waals surface area contributed by atoms with Crippen LogP contribution in [0.15, 0.2) is 47.5 Å². The molecule has 8 heteroatoms. The molecule has 156 valence electrons. The summed E-state index contributed by atoms with van der Waals surface area (Å²) in [5.41, 5.74) is 2.80. The Balaban J connectivity index is 1.44. The molecule has 2 aliphatic rings. The second-order valence-electron chi connectivity index (χ2n) is 7.41. The minimum Gasteiger partial charge on any atom is -0.442 e. The second kappa shape index (κ2) is 8.52. The van der Waals surface area contributed by atoms with Gasteiger partial charge >= 0.3 is 6.09 Å². The lowest BCUT2D eigenvalue weighted by molar-refractivity contribution is -0.119. The van der Waals surface area contributed by atoms with Crippen molar-refractivity contribution in [2.45, 2.75) is 19.6 Å². The van der Waals surface area contributed by atoms with E-state index in [1.807, 2.05) is 30.6 Å². The van der Waals surface area contributed by atoms with E-state index in [1.54, 1.807) is 12.1 Å². The van der Waals surface area contributed by atoms with Gasteiger partial charge in [-0.05, 0) is 29.3 Å². The van der Waals surface area contributed by atoms with E-state index in [2.05, 4.69) is 15.2 Å². The van der Waals surface area contributed by atoms with E-state index in [-0.39, 0.29) is 19.0 Å². The normalized spacial score (nSPS) is 18.1. The lowest BCUT2D eigenvalue weighted by Gasteiger charge is -2.15. The van der Waals surface area contributed by atoms with E-state index in [4.69, 9.17) is 4.74 Å². The molecule has 4 rings (SSSR count). The number of halogens is 1. The largest absolute Gasteiger partial charge is 0.442 e. The van der Waals surface area contributed by atoms with Crippen LogP contribution in [-0.2, 0) is 16.1 Å². The summed E-state index contributed by atoms with van der Waals surface area (Å²) in [6.45, 7) is 4.41. The highest BCUT2D eigenvalue weighted by atomic mass is 19.1. The highest BCUT2D eigenvalue weighted by Gasteiger charge is 2.32. The molecule has 0 saturated carbocycles. The number of cyclic esters (lactones) is 1. The van der Waals surface area contributed by atoms with Crippen molar-refractivity contribution in [1.29, 1.82) is 0 Å². The van der Waals surface area contributed by atoms with Gasteiger partial charge < -0.3 is 15.0 Å². The first kappa shape index (κ1) is 19.9. The van der Waals surface area contributed by atoms with Crippen molar-refractivity contribution >= 4 is 24.0 Å². The molecule has 0 bridgehead atoms. The van der Waals surface area contributed by atoms with Gasteiger partial charge in [-0.25, -0.2) is 9.18 Å². The van der Waals surface area contributed by atoms with E-state index in [9.17, 15) is 14.0 Å². The number of amides is 2. The molecule has 1 atom stereocenters. The number of ether oxygens (including phenoxy) is 1. The average Bonchev–Trinajstić information content (AvgIpc) is 3.36. The van der Waals surface area contributed by atoms with Crippen LogP contribution in [0.3, 0.4) is 0 Å². The minimum atomic E-state index is -0.549. The topological polar surface area (TPSA) is 74.2 Å². The number of benzene rings is 2. The average molecular weight is 410 g/mol. The van der Waals surface area contributed by atoms with Crippen molar-refractivity contribution in [1.82, 2.24) is 10.2 Å². The van der Waals surface area contributed by atoms with Crippen molar-refractivity contribution in [3.8, 4) is 11.1 Å². The summed E-state index contributed by atoms with van der Waals surface area (Å²) in [4.78, 5) is 30.9. The highest BCUT2D eigenvalue weighted by molar-refractivity contribution is 5.90. The molecule has 1 fully saturated rings. The predicted octanol–water partition coefficient (Wildman–Crippen LogP) is 2.80. The van der Waals surface area contributed by atoms with Gasteiger partial charge in [0.05, 0.1) is 31.7 Å². The number of rotatable bonds is 6. The molecule has 0 aliphatic carbocycles. The summed E-state index contributed by atoms with van der Waals surface area (Å²) >= 11 is 0. The molecule has 1 saturated heterocycles. The molecule has 2 aliphatic heterocycles. The Bertz CT molecular complexity index is 977. The van der Waals surface area contributed by atoms with E-state index in [0.717, 1.165) is 30.8 Å². The molecule has 7 nitrogen and oxygen atoms in total. The van der Waals surface area contributed by atoms with Gasteiger partial charge in [-0.3, -0.25) is 14.7 Å². The molecule has 2 amide bonds. The Kier molecular flexibility index (Phi) is 5.65. The summed E-state index contributed by atoms with van der Waals surface area (Å²) in [5.74, 6) is -0.607. The van der Waals surface area contributed by atoms with Crippen LogP contribution in [0.1, 0.15) is 12.5 Å². The van der Waals surface area contributed by atoms with Crippen LogP contribution < -0.4 is 10.2 Å². The number of nitrogens with one attached hydrogen (secondary N) is 1. The Morgan fingerprint density at radius 2 is 2.07 bits per heavy atom. The SMILES string of the molecule is CC(=O)NC[C@H]1CN(c2ccc(-c3ccc(CN4C=NCC4)cc3)c(F)c2)C(=O)O1. The number of carbonyl (C=O) groups excluding carboxylic acids is 2. The Morgan fingerprint density at radius 3 is 2.73 bits per heavy atom. The quantitative estimate of drug-likeness (QED) is 0.795. The van der Waals surface area contributed by atoms with Crippen LogP contribution >= 0.6 is 0 Å². The molecular weight excluding hydrogens is 387 g/mol. The molecule has 2 aromatic rings. The zero-order valence-electron chi connectivity index (χ0n) is 16.7. The fraction of sp³-hybridized carbons (Fsp3) is 0.318. The van der Waals surface area contributed by atoms with Crippen molar-refractivity contribution in [3.63, 3.8) is 0 Å². The van der Waals surface area contributed by atoms with Crippen LogP contribution in [-0.4, -0.2) is 55.5 Å². The zero-order valence-corrected chi connectivity index (χ0v) is 16.7. The van der Waals surface area contributed by atoms with Crippen LogP contribution in [0.4, 0.5) is 14.9 Å². The number of carbonyl (C=O) groups is 2. The molecule has 0 aromatic heterocycles. The predicted molar refractivity (Wildman–Crippen MR) is 112 cm³/mol. The first-order valence-electron chi connectivity index (χ1n) is 9.85. The fourth-order valence-corrected chi connectivity index (χ4v) is 3.56. The first-order valence-corrected chi connectivity index (χ1v) is 9.85. The van der Waals surface area contributed by atoms with Gasteiger partial charge in [0.15, 0.2) is 0 Å². The summed E-state index contributed by atoms with van der Waals surface area (Å²) in [5, 5.41) is 2.62. The van der Waals surface area contributed by atoms with E-state index in [0.29, 0.717) is 11.3 Å². The second-order valence-corrected chi connectivity index (χ2v) is 7.41. The summed E-state index contributed by atoms with van der Waals surface area (Å²) in [6.07, 6.45) is 0.848. The van der Waals surface area contributed by atoms with Crippen molar-refractivity contribution in [3.05, 3.63) is 53.8 Å². The number of hydrogen-bond donors (Lipinski definition) is 1. The maximum atomic E-state index is 14.8. The third kappa shape index (κ3) is 4.42. The lowest BCUT2D eigenvalue weighted by Crippen LogP contribution is -2.33. The molecule has 1 N–H and O–H groups in total. The van der Waals surface area contributed by atoms with E-state index >= 15 is 0 Å². The Morgan fingerprint density at radius 1 is 1.27 bits per heavy atom. The van der Waals surface area contributed by atoms with Gasteiger partial charge in [0.1, 0.15) is 11.9 Å². The van der Waals surface area contributed by atoms with Crippen LogP contribution in [0.5, 0.6) is 0 Å². The Labute approximate surface area is 174 Å². The van der Waals surface area contributed by atoms with Crippen LogP contribution in [0.25, 0.3) is 11.1 Å². The van der Waals surface area contributed by atoms with Crippen LogP contribution in [0.2, 0.25) is 0 Å². The van der Waals surface area contributed by atoms with Crippen LogP contribution in [0, 0.1) is 5.82 Å². The van der Waals surface area contributed by atoms with Gasteiger partial charge in [-0.2, -0.15) is 0 Å². The molecular formula is C22H23FN4O3. The number of aliphatic imine (C=N–C) groups is 1. The van der Waals surface area contributed by atoms with E-state index < -0.39 is 18.0 Å². The zero-order chi connectivity index (χ0) is 21.1. The Hall–Kier alpha value is -3.42.